The Hall–Kier alpha value is -3.87. The van der Waals surface area contributed by atoms with Gasteiger partial charge in [-0.25, -0.2) is 0 Å². The Morgan fingerprint density at radius 3 is 2.30 bits per heavy atom. The second kappa shape index (κ2) is 9.09. The Morgan fingerprint density at radius 1 is 0.967 bits per heavy atom. The molecule has 3 aromatic rings. The zero-order chi connectivity index (χ0) is 21.7. The molecule has 154 valence electrons. The Labute approximate surface area is 173 Å². The summed E-state index contributed by atoms with van der Waals surface area (Å²) in [6.45, 7) is 1.69. The van der Waals surface area contributed by atoms with Crippen LogP contribution < -0.4 is 20.3 Å². The Morgan fingerprint density at radius 2 is 1.67 bits per heavy atom. The number of benzene rings is 2. The molecule has 1 amide bonds. The first kappa shape index (κ1) is 20.9. The number of hydrogen-bond donors (Lipinski definition) is 1. The van der Waals surface area contributed by atoms with Crippen LogP contribution in [0.5, 0.6) is 11.5 Å². The van der Waals surface area contributed by atoms with Gasteiger partial charge < -0.3 is 19.4 Å². The average molecular weight is 406 g/mol. The molecule has 0 fully saturated rings. The summed E-state index contributed by atoms with van der Waals surface area (Å²) in [5, 5.41) is 2.68. The number of rotatable bonds is 7. The molecule has 0 saturated heterocycles. The number of carbonyl (C=O) groups is 2. The lowest BCUT2D eigenvalue weighted by atomic mass is 10.1. The molecule has 0 radical (unpaired) electrons. The number of anilines is 1. The van der Waals surface area contributed by atoms with Crippen molar-refractivity contribution in [3.8, 4) is 11.5 Å². The molecule has 30 heavy (non-hydrogen) atoms. The molecule has 0 bridgehead atoms. The second-order valence-corrected chi connectivity index (χ2v) is 6.67. The quantitative estimate of drug-likeness (QED) is 0.608. The van der Waals surface area contributed by atoms with E-state index in [1.165, 1.54) is 17.6 Å². The molecule has 0 unspecified atom stereocenters. The molecular formula is C23H22N2O5. The minimum absolute atomic E-state index is 0.000546. The van der Waals surface area contributed by atoms with Crippen molar-refractivity contribution >= 4 is 17.4 Å². The lowest BCUT2D eigenvalue weighted by Crippen LogP contribution is -2.29. The largest absolute Gasteiger partial charge is 0.497 e. The van der Waals surface area contributed by atoms with Gasteiger partial charge in [-0.1, -0.05) is 12.1 Å². The number of pyridine rings is 1. The second-order valence-electron chi connectivity index (χ2n) is 6.67. The van der Waals surface area contributed by atoms with Gasteiger partial charge in [0.25, 0.3) is 11.5 Å². The maximum Gasteiger partial charge on any atom is 0.263 e. The minimum Gasteiger partial charge on any atom is -0.497 e. The van der Waals surface area contributed by atoms with E-state index in [0.29, 0.717) is 22.7 Å². The highest BCUT2D eigenvalue weighted by molar-refractivity contribution is 6.04. The summed E-state index contributed by atoms with van der Waals surface area (Å²) in [4.78, 5) is 37.1. The van der Waals surface area contributed by atoms with Crippen molar-refractivity contribution in [1.29, 1.82) is 0 Å². The smallest absolute Gasteiger partial charge is 0.263 e. The molecule has 1 aromatic heterocycles. The van der Waals surface area contributed by atoms with Gasteiger partial charge >= 0.3 is 0 Å². The highest BCUT2D eigenvalue weighted by Crippen LogP contribution is 2.23. The average Bonchev–Trinajstić information content (AvgIpc) is 2.75. The molecule has 0 spiro atoms. The van der Waals surface area contributed by atoms with E-state index in [0.717, 1.165) is 5.56 Å². The zero-order valence-electron chi connectivity index (χ0n) is 17.0. The maximum absolute atomic E-state index is 12.9. The van der Waals surface area contributed by atoms with Crippen LogP contribution in [0.1, 0.15) is 33.2 Å². The normalized spacial score (nSPS) is 10.4. The van der Waals surface area contributed by atoms with E-state index in [2.05, 4.69) is 5.32 Å². The number of methoxy groups -OCH3 is 2. The third-order valence-electron chi connectivity index (χ3n) is 4.56. The van der Waals surface area contributed by atoms with Crippen molar-refractivity contribution in [3.05, 3.63) is 87.8 Å². The maximum atomic E-state index is 12.9. The molecule has 1 heterocycles. The van der Waals surface area contributed by atoms with Crippen molar-refractivity contribution in [3.63, 3.8) is 0 Å². The van der Waals surface area contributed by atoms with E-state index in [1.807, 2.05) is 0 Å². The molecule has 7 heteroatoms. The van der Waals surface area contributed by atoms with Gasteiger partial charge in [0, 0.05) is 23.5 Å². The van der Waals surface area contributed by atoms with Gasteiger partial charge in [-0.3, -0.25) is 14.4 Å². The molecule has 0 aliphatic rings. The zero-order valence-corrected chi connectivity index (χ0v) is 17.0. The Balaban J connectivity index is 1.86. The first-order valence-electron chi connectivity index (χ1n) is 9.25. The fourth-order valence-electron chi connectivity index (χ4n) is 3.00. The number of hydrogen-bond acceptors (Lipinski definition) is 5. The fraction of sp³-hybridized carbons (Fsp3) is 0.174. The van der Waals surface area contributed by atoms with Crippen molar-refractivity contribution in [2.45, 2.75) is 13.5 Å². The van der Waals surface area contributed by atoms with E-state index in [9.17, 15) is 14.4 Å². The van der Waals surface area contributed by atoms with E-state index in [-0.39, 0.29) is 17.9 Å². The number of aromatic nitrogens is 1. The van der Waals surface area contributed by atoms with Gasteiger partial charge in [0.1, 0.15) is 17.1 Å². The monoisotopic (exact) mass is 406 g/mol. The van der Waals surface area contributed by atoms with Gasteiger partial charge in [0.2, 0.25) is 0 Å². The number of ether oxygens (including phenoxy) is 2. The number of nitrogens with zero attached hydrogens (tertiary/aromatic N) is 1. The van der Waals surface area contributed by atoms with E-state index >= 15 is 0 Å². The first-order chi connectivity index (χ1) is 14.4. The fourth-order valence-corrected chi connectivity index (χ4v) is 3.00. The van der Waals surface area contributed by atoms with Gasteiger partial charge in [-0.05, 0) is 48.9 Å². The molecule has 0 aliphatic heterocycles. The summed E-state index contributed by atoms with van der Waals surface area (Å²) in [7, 11) is 3.10. The van der Waals surface area contributed by atoms with Crippen LogP contribution in [0.4, 0.5) is 5.69 Å². The van der Waals surface area contributed by atoms with Crippen LogP contribution in [0, 0.1) is 0 Å². The highest BCUT2D eigenvalue weighted by Gasteiger charge is 2.14. The lowest BCUT2D eigenvalue weighted by Gasteiger charge is -2.11. The van der Waals surface area contributed by atoms with Gasteiger partial charge in [0.15, 0.2) is 5.78 Å². The van der Waals surface area contributed by atoms with Gasteiger partial charge in [0.05, 0.1) is 20.8 Å². The molecule has 1 N–H and O–H groups in total. The molecule has 0 aliphatic carbocycles. The topological polar surface area (TPSA) is 86.6 Å². The number of nitrogens with one attached hydrogen (secondary N) is 1. The number of ketones is 1. The summed E-state index contributed by atoms with van der Waals surface area (Å²) >= 11 is 0. The minimum atomic E-state index is -0.543. The van der Waals surface area contributed by atoms with Crippen molar-refractivity contribution in [2.24, 2.45) is 0 Å². The van der Waals surface area contributed by atoms with Crippen LogP contribution in [0.2, 0.25) is 0 Å². The number of carbonyl (C=O) groups excluding carboxylic acids is 2. The third kappa shape index (κ3) is 4.75. The molecule has 7 nitrogen and oxygen atoms in total. The molecule has 0 saturated carbocycles. The summed E-state index contributed by atoms with van der Waals surface area (Å²) in [6.07, 6.45) is 1.61. The highest BCUT2D eigenvalue weighted by atomic mass is 16.5. The van der Waals surface area contributed by atoms with E-state index in [4.69, 9.17) is 9.47 Å². The summed E-state index contributed by atoms with van der Waals surface area (Å²) in [5.74, 6) is 0.563. The van der Waals surface area contributed by atoms with Crippen LogP contribution in [-0.4, -0.2) is 30.5 Å². The lowest BCUT2D eigenvalue weighted by molar-refractivity contribution is 0.101. The number of amides is 1. The van der Waals surface area contributed by atoms with Crippen LogP contribution >= 0.6 is 0 Å². The number of Topliss-reactive ketones (excluding diaryl/α,β-unsaturated/α-hetero) is 1. The van der Waals surface area contributed by atoms with Crippen LogP contribution in [0.15, 0.2) is 65.6 Å². The molecule has 0 atom stereocenters. The van der Waals surface area contributed by atoms with Crippen LogP contribution in [-0.2, 0) is 6.54 Å². The van der Waals surface area contributed by atoms with Crippen LogP contribution in [0.3, 0.4) is 0 Å². The predicted molar refractivity (Wildman–Crippen MR) is 114 cm³/mol. The Kier molecular flexibility index (Phi) is 6.32. The predicted octanol–water partition coefficient (Wildman–Crippen LogP) is 3.37. The SMILES string of the molecule is COc1cc(Cn2cccc(C(=O)Nc3cccc(C(C)=O)c3)c2=O)cc(OC)c1. The van der Waals surface area contributed by atoms with Crippen molar-refractivity contribution in [1.82, 2.24) is 4.57 Å². The van der Waals surface area contributed by atoms with Gasteiger partial charge in [-0.2, -0.15) is 0 Å². The van der Waals surface area contributed by atoms with Gasteiger partial charge in [-0.15, -0.1) is 0 Å². The van der Waals surface area contributed by atoms with Crippen molar-refractivity contribution < 1.29 is 19.1 Å². The standard InChI is InChI=1S/C23H22N2O5/c1-15(26)17-6-4-7-18(12-17)24-22(27)21-8-5-9-25(23(21)28)14-16-10-19(29-2)13-20(11-16)30-3/h4-13H,14H2,1-3H3,(H,24,27). The van der Waals surface area contributed by atoms with E-state index in [1.54, 1.807) is 68.9 Å². The molecular weight excluding hydrogens is 384 g/mol. The summed E-state index contributed by atoms with van der Waals surface area (Å²) in [6, 6.07) is 15.0. The molecule has 2 aromatic carbocycles. The first-order valence-corrected chi connectivity index (χ1v) is 9.25. The summed E-state index contributed by atoms with van der Waals surface area (Å²) < 4.78 is 12.0. The van der Waals surface area contributed by atoms with E-state index < -0.39 is 11.5 Å². The summed E-state index contributed by atoms with van der Waals surface area (Å²) in [5.41, 5.74) is 1.28. The third-order valence-corrected chi connectivity index (χ3v) is 4.56. The van der Waals surface area contributed by atoms with Crippen molar-refractivity contribution in [2.75, 3.05) is 19.5 Å². The van der Waals surface area contributed by atoms with Crippen LogP contribution in [0.25, 0.3) is 0 Å². The molecule has 3 rings (SSSR count). The Bertz CT molecular complexity index is 1130.